The number of nitrogens with one attached hydrogen (secondary N) is 1. The quantitative estimate of drug-likeness (QED) is 0.0634. The maximum Gasteiger partial charge on any atom is 0.317 e. The molecule has 8 atom stereocenters. The molecule has 0 aliphatic carbocycles. The van der Waals surface area contributed by atoms with Gasteiger partial charge in [-0.1, -0.05) is 6.07 Å². The molecule has 0 saturated carbocycles. The second-order valence-electron chi connectivity index (χ2n) is 12.6. The van der Waals surface area contributed by atoms with Crippen LogP contribution < -0.4 is 35.2 Å². The van der Waals surface area contributed by atoms with E-state index in [0.717, 1.165) is 27.6 Å². The number of nitrogens with zero attached hydrogens (tertiary/aromatic N) is 1. The molecule has 17 heteroatoms. The van der Waals surface area contributed by atoms with Gasteiger partial charge >= 0.3 is 11.9 Å². The van der Waals surface area contributed by atoms with Gasteiger partial charge in [0.1, 0.15) is 48.4 Å². The summed E-state index contributed by atoms with van der Waals surface area (Å²) in [6.45, 7) is 0.597. The number of carboxylic acid groups (broad SMARTS) is 1. The molecule has 1 saturated heterocycles. The maximum absolute atomic E-state index is 12.2. The van der Waals surface area contributed by atoms with Crippen LogP contribution in [0.4, 0.5) is 0 Å². The molecule has 9 N–H and O–H groups in total. The summed E-state index contributed by atoms with van der Waals surface area (Å²) >= 11 is 0. The SMILES string of the molecule is COc1ccc2c(c1OC)O[C@H]1c3c(Cn4cc5cc[nH]c5c4)cc(O[C@@H]4O[C@H]([C@H](OC(=O)CC(=O)O)C(N)N)[C@@H](O)[C@H](O)[C@H]4O)cc3OC[C@@H]21. The predicted octanol–water partition coefficient (Wildman–Crippen LogP) is 0.461. The Morgan fingerprint density at radius 1 is 1.06 bits per heavy atom. The van der Waals surface area contributed by atoms with E-state index in [9.17, 15) is 24.9 Å². The van der Waals surface area contributed by atoms with Crippen molar-refractivity contribution in [3.63, 3.8) is 0 Å². The Balaban J connectivity index is 1.23. The topological polar surface area (TPSA) is 252 Å². The number of aliphatic hydroxyl groups excluding tert-OH is 3. The summed E-state index contributed by atoms with van der Waals surface area (Å²) in [5.74, 6) is -0.706. The Bertz CT molecular complexity index is 1910. The molecule has 3 aliphatic heterocycles. The number of rotatable bonds is 11. The summed E-state index contributed by atoms with van der Waals surface area (Å²) < 4.78 is 43.2. The zero-order valence-corrected chi connectivity index (χ0v) is 27.5. The number of esters is 1. The number of carbonyl (C=O) groups excluding carboxylic acids is 1. The van der Waals surface area contributed by atoms with Crippen molar-refractivity contribution in [2.75, 3.05) is 20.8 Å². The van der Waals surface area contributed by atoms with Crippen LogP contribution in [0.5, 0.6) is 28.7 Å². The van der Waals surface area contributed by atoms with E-state index < -0.39 is 67.4 Å². The minimum atomic E-state index is -1.86. The maximum atomic E-state index is 12.2. The standard InChI is InChI=1S/C34H38N4O13/c1-45-20-4-3-17-18-13-47-21-8-16(48-34-27(44)25(42)26(43)31(51-34)32(33(35)36)49-23(41)9-22(39)40)7-15(11-38-10-14-5-6-37-19(14)12-38)24(21)28(18)50-29(17)30(20)46-2/h3-8,10,12,18,25-28,31-34,37,42-44H,9,11,13,35-36H2,1-2H3,(H,39,40)/t18-,25-,26-,27+,28+,31-,32-,34+/m0/s1. The molecule has 0 radical (unpaired) electrons. The number of H-pyrrole nitrogens is 1. The van der Waals surface area contributed by atoms with Gasteiger partial charge in [-0.25, -0.2) is 0 Å². The largest absolute Gasteiger partial charge is 0.493 e. The average Bonchev–Trinajstić information content (AvgIpc) is 3.80. The predicted molar refractivity (Wildman–Crippen MR) is 175 cm³/mol. The normalized spacial score (nSPS) is 25.6. The molecule has 17 nitrogen and oxygen atoms in total. The first-order valence-corrected chi connectivity index (χ1v) is 16.1. The average molecular weight is 711 g/mol. The fraction of sp³-hybridized carbons (Fsp3) is 0.412. The Morgan fingerprint density at radius 2 is 1.86 bits per heavy atom. The van der Waals surface area contributed by atoms with Crippen molar-refractivity contribution >= 4 is 22.8 Å². The van der Waals surface area contributed by atoms with Crippen molar-refractivity contribution in [1.29, 1.82) is 0 Å². The number of fused-ring (bicyclic) bond motifs is 6. The van der Waals surface area contributed by atoms with Crippen LogP contribution in [0.3, 0.4) is 0 Å². The summed E-state index contributed by atoms with van der Waals surface area (Å²) in [6.07, 6.45) is -7.53. The lowest BCUT2D eigenvalue weighted by Gasteiger charge is -2.43. The summed E-state index contributed by atoms with van der Waals surface area (Å²) in [7, 11) is 3.09. The van der Waals surface area contributed by atoms with Gasteiger partial charge in [0.25, 0.3) is 0 Å². The Hall–Kier alpha value is -5.04. The van der Waals surface area contributed by atoms with Crippen molar-refractivity contribution in [2.45, 2.75) is 68.0 Å². The van der Waals surface area contributed by atoms with E-state index in [2.05, 4.69) is 4.98 Å². The van der Waals surface area contributed by atoms with E-state index in [0.29, 0.717) is 29.5 Å². The van der Waals surface area contributed by atoms with Crippen molar-refractivity contribution < 1.29 is 63.2 Å². The summed E-state index contributed by atoms with van der Waals surface area (Å²) in [4.78, 5) is 26.4. The number of aliphatic carboxylic acids is 1. The number of benzene rings is 2. The Morgan fingerprint density at radius 3 is 2.57 bits per heavy atom. The van der Waals surface area contributed by atoms with Gasteiger partial charge in [0, 0.05) is 47.7 Å². The molecular formula is C34H38N4O13. The Labute approximate surface area is 290 Å². The second-order valence-corrected chi connectivity index (χ2v) is 12.6. The molecule has 0 unspecified atom stereocenters. The molecular weight excluding hydrogens is 672 g/mol. The Kier molecular flexibility index (Phi) is 9.17. The van der Waals surface area contributed by atoms with Crippen molar-refractivity contribution in [3.05, 3.63) is 65.6 Å². The molecule has 4 aromatic rings. The number of ether oxygens (including phenoxy) is 7. The van der Waals surface area contributed by atoms with Gasteiger partial charge < -0.3 is 74.6 Å². The molecule has 51 heavy (non-hydrogen) atoms. The van der Waals surface area contributed by atoms with E-state index in [4.69, 9.17) is 49.7 Å². The fourth-order valence-corrected chi connectivity index (χ4v) is 6.96. The highest BCUT2D eigenvalue weighted by Gasteiger charge is 2.50. The van der Waals surface area contributed by atoms with Gasteiger partial charge in [-0.05, 0) is 23.8 Å². The second kappa shape index (κ2) is 13.6. The van der Waals surface area contributed by atoms with Crippen LogP contribution in [0.15, 0.2) is 48.9 Å². The fourth-order valence-electron chi connectivity index (χ4n) is 6.96. The molecule has 7 rings (SSSR count). The van der Waals surface area contributed by atoms with Crippen LogP contribution in [0, 0.1) is 0 Å². The molecule has 5 heterocycles. The van der Waals surface area contributed by atoms with Crippen LogP contribution in [0.2, 0.25) is 0 Å². The van der Waals surface area contributed by atoms with Crippen LogP contribution >= 0.6 is 0 Å². The van der Waals surface area contributed by atoms with Crippen LogP contribution in [-0.4, -0.2) is 106 Å². The van der Waals surface area contributed by atoms with Crippen LogP contribution in [0.25, 0.3) is 10.9 Å². The highest BCUT2D eigenvalue weighted by Crippen LogP contribution is 2.57. The van der Waals surface area contributed by atoms with Gasteiger partial charge in [-0.3, -0.25) is 9.59 Å². The lowest BCUT2D eigenvalue weighted by Crippen LogP contribution is -2.66. The van der Waals surface area contributed by atoms with E-state index in [1.165, 1.54) is 0 Å². The third kappa shape index (κ3) is 6.28. The monoisotopic (exact) mass is 710 g/mol. The number of methoxy groups -OCH3 is 2. The van der Waals surface area contributed by atoms with E-state index in [1.54, 1.807) is 26.4 Å². The van der Waals surface area contributed by atoms with Gasteiger partial charge in [0.15, 0.2) is 17.6 Å². The summed E-state index contributed by atoms with van der Waals surface area (Å²) in [5.41, 5.74) is 15.0. The van der Waals surface area contributed by atoms with E-state index in [1.807, 2.05) is 41.4 Å². The number of aromatic nitrogens is 2. The number of carboxylic acids is 1. The molecule has 1 fully saturated rings. The number of aromatic amines is 1. The van der Waals surface area contributed by atoms with E-state index >= 15 is 0 Å². The summed E-state index contributed by atoms with van der Waals surface area (Å²) in [5, 5.41) is 42.5. The smallest absolute Gasteiger partial charge is 0.317 e. The lowest BCUT2D eigenvalue weighted by molar-refractivity contribution is -0.291. The number of nitrogens with two attached hydrogens (primary N) is 2. The third-order valence-electron chi connectivity index (χ3n) is 9.33. The van der Waals surface area contributed by atoms with Gasteiger partial charge in [0.2, 0.25) is 12.0 Å². The molecule has 0 amide bonds. The zero-order chi connectivity index (χ0) is 36.1. The molecule has 0 bridgehead atoms. The first-order chi connectivity index (χ1) is 24.5. The first kappa shape index (κ1) is 34.4. The molecule has 2 aromatic carbocycles. The number of aliphatic hydroxyl groups is 3. The number of carbonyl (C=O) groups is 2. The molecule has 0 spiro atoms. The minimum Gasteiger partial charge on any atom is -0.493 e. The lowest BCUT2D eigenvalue weighted by atomic mass is 9.86. The van der Waals surface area contributed by atoms with E-state index in [-0.39, 0.29) is 18.3 Å². The molecule has 2 aromatic heterocycles. The van der Waals surface area contributed by atoms with Crippen LogP contribution in [0.1, 0.15) is 35.1 Å². The van der Waals surface area contributed by atoms with Gasteiger partial charge in [-0.15, -0.1) is 0 Å². The first-order valence-electron chi connectivity index (χ1n) is 16.1. The third-order valence-corrected chi connectivity index (χ3v) is 9.33. The number of hydrogen-bond donors (Lipinski definition) is 7. The van der Waals surface area contributed by atoms with Crippen molar-refractivity contribution in [1.82, 2.24) is 9.55 Å². The van der Waals surface area contributed by atoms with Crippen molar-refractivity contribution in [3.8, 4) is 28.7 Å². The summed E-state index contributed by atoms with van der Waals surface area (Å²) in [6, 6.07) is 9.03. The zero-order valence-electron chi connectivity index (χ0n) is 27.5. The van der Waals surface area contributed by atoms with Gasteiger partial charge in [-0.2, -0.15) is 0 Å². The highest BCUT2D eigenvalue weighted by molar-refractivity contribution is 5.90. The van der Waals surface area contributed by atoms with Crippen LogP contribution in [-0.2, 0) is 25.6 Å². The number of hydrogen-bond acceptors (Lipinski definition) is 14. The van der Waals surface area contributed by atoms with Gasteiger partial charge in [0.05, 0.1) is 38.4 Å². The van der Waals surface area contributed by atoms with Crippen molar-refractivity contribution in [2.24, 2.45) is 11.5 Å². The molecule has 272 valence electrons. The molecule has 3 aliphatic rings. The minimum absolute atomic E-state index is 0.164. The highest BCUT2D eigenvalue weighted by atomic mass is 16.7.